The van der Waals surface area contributed by atoms with Crippen molar-refractivity contribution in [1.29, 1.82) is 0 Å². The minimum atomic E-state index is -1.40. The first-order valence-corrected chi connectivity index (χ1v) is 9.43. The van der Waals surface area contributed by atoms with Crippen LogP contribution in [0.15, 0.2) is 35.9 Å². The molecule has 0 saturated heterocycles. The van der Waals surface area contributed by atoms with E-state index in [9.17, 15) is 10.2 Å². The number of allylic oxidation sites excluding steroid dienone is 3. The van der Waals surface area contributed by atoms with E-state index >= 15 is 0 Å². The molecule has 2 rings (SSSR count). The summed E-state index contributed by atoms with van der Waals surface area (Å²) >= 11 is 0. The van der Waals surface area contributed by atoms with Gasteiger partial charge in [-0.1, -0.05) is 43.6 Å². The fourth-order valence-corrected chi connectivity index (χ4v) is 3.85. The summed E-state index contributed by atoms with van der Waals surface area (Å²) in [7, 11) is 17.6. The van der Waals surface area contributed by atoms with Gasteiger partial charge in [0.05, 0.1) is 23.5 Å². The van der Waals surface area contributed by atoms with Gasteiger partial charge in [0.2, 0.25) is 0 Å². The zero-order chi connectivity index (χ0) is 19.5. The molecule has 1 aromatic rings. The molecule has 2 N–H and O–H groups in total. The van der Waals surface area contributed by atoms with Crippen LogP contribution in [0.5, 0.6) is 11.5 Å². The zero-order valence-corrected chi connectivity index (χ0v) is 16.0. The molecule has 1 aliphatic carbocycles. The second kappa shape index (κ2) is 8.46. The van der Waals surface area contributed by atoms with Gasteiger partial charge in [-0.3, -0.25) is 0 Å². The predicted molar refractivity (Wildman–Crippen MR) is 111 cm³/mol. The topological polar surface area (TPSA) is 40.5 Å². The van der Waals surface area contributed by atoms with Crippen molar-refractivity contribution in [3.05, 3.63) is 47.1 Å². The molecular weight excluding hydrogens is 317 g/mol. The fraction of sp³-hybridized carbons (Fsp3) is 0.524. The van der Waals surface area contributed by atoms with Crippen molar-refractivity contribution in [3.8, 4) is 11.5 Å². The summed E-state index contributed by atoms with van der Waals surface area (Å²) in [5.74, 6) is 0.0311. The largest absolute Gasteiger partial charge is 0.507 e. The molecule has 6 radical (unpaired) electrons. The van der Waals surface area contributed by atoms with Gasteiger partial charge in [0.25, 0.3) is 0 Å². The van der Waals surface area contributed by atoms with E-state index in [1.165, 1.54) is 0 Å². The van der Waals surface area contributed by atoms with Crippen molar-refractivity contribution in [2.24, 2.45) is 5.92 Å². The number of hydrogen-bond acceptors (Lipinski definition) is 2. The van der Waals surface area contributed by atoms with Crippen LogP contribution in [0.4, 0.5) is 0 Å². The third-order valence-corrected chi connectivity index (χ3v) is 5.33. The van der Waals surface area contributed by atoms with Crippen molar-refractivity contribution >= 4 is 23.5 Å². The van der Waals surface area contributed by atoms with Crippen molar-refractivity contribution in [1.82, 2.24) is 0 Å². The summed E-state index contributed by atoms with van der Waals surface area (Å²) in [6.07, 6.45) is 7.47. The Kier molecular flexibility index (Phi) is 6.77. The summed E-state index contributed by atoms with van der Waals surface area (Å²) in [6.45, 7) is 8.19. The van der Waals surface area contributed by atoms with Crippen LogP contribution in [0, 0.1) is 5.92 Å². The lowest BCUT2D eigenvalue weighted by Gasteiger charge is -2.37. The Morgan fingerprint density at radius 1 is 1.19 bits per heavy atom. The van der Waals surface area contributed by atoms with Crippen LogP contribution in [-0.4, -0.2) is 33.8 Å². The van der Waals surface area contributed by atoms with Crippen molar-refractivity contribution < 1.29 is 10.2 Å². The Hall–Kier alpha value is -1.51. The summed E-state index contributed by atoms with van der Waals surface area (Å²) < 4.78 is 0. The highest BCUT2D eigenvalue weighted by Crippen LogP contribution is 2.48. The molecule has 132 valence electrons. The van der Waals surface area contributed by atoms with E-state index in [1.807, 2.05) is 13.0 Å². The van der Waals surface area contributed by atoms with Gasteiger partial charge < -0.3 is 10.2 Å². The first-order valence-electron chi connectivity index (χ1n) is 9.43. The first kappa shape index (κ1) is 20.8. The number of phenolic OH excluding ortho intramolecular Hbond substituents is 2. The third-order valence-electron chi connectivity index (χ3n) is 5.33. The van der Waals surface area contributed by atoms with Crippen molar-refractivity contribution in [2.45, 2.75) is 63.4 Å². The number of hydrogen-bond donors (Lipinski definition) is 2. The Morgan fingerprint density at radius 3 is 2.31 bits per heavy atom. The van der Waals surface area contributed by atoms with Crippen molar-refractivity contribution in [2.75, 3.05) is 0 Å². The maximum absolute atomic E-state index is 10.7. The third kappa shape index (κ3) is 4.81. The molecule has 1 aromatic carbocycles. The van der Waals surface area contributed by atoms with E-state index < -0.39 is 5.11 Å². The molecule has 2 unspecified atom stereocenters. The van der Waals surface area contributed by atoms with E-state index in [1.54, 1.807) is 12.1 Å². The standard InChI is InChI=1S/C21H27B3O2/c1-4-5-6-7-14-10-18(25)20(19(26)11-14)17-12-15(21(22,23)24)8-9-16(17)13(2)3/h10-12,16-17,25-26H,2,4-9H2,1,3H3. The summed E-state index contributed by atoms with van der Waals surface area (Å²) in [5, 5.41) is 19.9. The molecule has 1 aliphatic rings. The summed E-state index contributed by atoms with van der Waals surface area (Å²) in [5.41, 5.74) is 3.16. The molecule has 0 amide bonds. The zero-order valence-electron chi connectivity index (χ0n) is 16.0. The minimum Gasteiger partial charge on any atom is -0.507 e. The maximum Gasteiger partial charge on any atom is 0.123 e. The molecule has 0 saturated carbocycles. The Morgan fingerprint density at radius 2 is 1.81 bits per heavy atom. The average Bonchev–Trinajstić information content (AvgIpc) is 2.53. The second-order valence-corrected chi connectivity index (χ2v) is 7.65. The van der Waals surface area contributed by atoms with Crippen LogP contribution in [-0.2, 0) is 6.42 Å². The first-order chi connectivity index (χ1) is 12.1. The van der Waals surface area contributed by atoms with E-state index in [4.69, 9.17) is 23.5 Å². The number of rotatable bonds is 7. The molecule has 0 spiro atoms. The number of benzene rings is 1. The quantitative estimate of drug-likeness (QED) is 0.437. The van der Waals surface area contributed by atoms with E-state index in [0.717, 1.165) is 48.8 Å². The maximum atomic E-state index is 10.7. The lowest BCUT2D eigenvalue weighted by atomic mass is 9.38. The molecule has 0 fully saturated rings. The number of unbranched alkanes of at least 4 members (excludes halogenated alkanes) is 2. The molecule has 0 heterocycles. The molecule has 2 nitrogen and oxygen atoms in total. The summed E-state index contributed by atoms with van der Waals surface area (Å²) in [6, 6.07) is 3.51. The van der Waals surface area contributed by atoms with Gasteiger partial charge in [-0.2, -0.15) is 0 Å². The smallest absolute Gasteiger partial charge is 0.123 e. The number of phenols is 2. The van der Waals surface area contributed by atoms with E-state index in [-0.39, 0.29) is 23.3 Å². The van der Waals surface area contributed by atoms with Crippen LogP contribution in [0.2, 0.25) is 5.11 Å². The molecule has 5 heteroatoms. The van der Waals surface area contributed by atoms with E-state index in [2.05, 4.69) is 13.5 Å². The number of aromatic hydroxyl groups is 2. The van der Waals surface area contributed by atoms with Gasteiger partial charge in [0.1, 0.15) is 11.5 Å². The van der Waals surface area contributed by atoms with Crippen LogP contribution < -0.4 is 0 Å². The second-order valence-electron chi connectivity index (χ2n) is 7.65. The van der Waals surface area contributed by atoms with Gasteiger partial charge in [0, 0.05) is 11.5 Å². The van der Waals surface area contributed by atoms with E-state index in [0.29, 0.717) is 12.0 Å². The Balaban J connectivity index is 2.43. The molecule has 0 aromatic heterocycles. The average molecular weight is 344 g/mol. The highest BCUT2D eigenvalue weighted by molar-refractivity contribution is 6.61. The predicted octanol–water partition coefficient (Wildman–Crippen LogP) is 4.41. The Bertz CT molecular complexity index is 666. The van der Waals surface area contributed by atoms with Crippen LogP contribution in [0.3, 0.4) is 0 Å². The van der Waals surface area contributed by atoms with Crippen LogP contribution in [0.25, 0.3) is 0 Å². The minimum absolute atomic E-state index is 0.0869. The molecule has 26 heavy (non-hydrogen) atoms. The van der Waals surface area contributed by atoms with Gasteiger partial charge in [-0.25, -0.2) is 0 Å². The SMILES string of the molecule is [B]C([B])([B])C1=CC(c2c(O)cc(CCCCC)cc2O)C(C(=C)C)CC1. The van der Waals surface area contributed by atoms with Crippen molar-refractivity contribution in [3.63, 3.8) is 0 Å². The summed E-state index contributed by atoms with van der Waals surface area (Å²) in [4.78, 5) is 0. The van der Waals surface area contributed by atoms with Gasteiger partial charge in [-0.05, 0) is 56.2 Å². The highest BCUT2D eigenvalue weighted by atomic mass is 16.3. The number of aryl methyl sites for hydroxylation is 1. The molecule has 0 aliphatic heterocycles. The Labute approximate surface area is 162 Å². The monoisotopic (exact) mass is 344 g/mol. The molecule has 0 bridgehead atoms. The normalized spacial score (nSPS) is 20.6. The van der Waals surface area contributed by atoms with Gasteiger partial charge in [0.15, 0.2) is 0 Å². The molecule has 2 atom stereocenters. The highest BCUT2D eigenvalue weighted by Gasteiger charge is 2.33. The fourth-order valence-electron chi connectivity index (χ4n) is 3.85. The van der Waals surface area contributed by atoms with Gasteiger partial charge >= 0.3 is 0 Å². The lowest BCUT2D eigenvalue weighted by Crippen LogP contribution is -2.24. The molecular formula is C21H27B3O2. The van der Waals surface area contributed by atoms with Crippen LogP contribution >= 0.6 is 0 Å². The lowest BCUT2D eigenvalue weighted by molar-refractivity contribution is 0.405. The van der Waals surface area contributed by atoms with Crippen LogP contribution in [0.1, 0.15) is 63.0 Å². The van der Waals surface area contributed by atoms with Gasteiger partial charge in [-0.15, -0.1) is 5.11 Å².